The molecule has 24 heavy (non-hydrogen) atoms. The lowest BCUT2D eigenvalue weighted by molar-refractivity contribution is 0.0813. The van der Waals surface area contributed by atoms with E-state index in [0.29, 0.717) is 6.54 Å². The second-order valence-corrected chi connectivity index (χ2v) is 7.50. The Kier molecular flexibility index (Phi) is 4.26. The topological polar surface area (TPSA) is 39.8 Å². The van der Waals surface area contributed by atoms with Crippen molar-refractivity contribution in [2.45, 2.75) is 25.4 Å². The van der Waals surface area contributed by atoms with Crippen LogP contribution in [0.5, 0.6) is 0 Å². The smallest absolute Gasteiger partial charge is 0.174 e. The number of aryl methyl sites for hydroxylation is 2. The molecule has 0 saturated carbocycles. The number of fused-ring (bicyclic) bond motifs is 3. The third kappa shape index (κ3) is 2.38. The second-order valence-electron chi connectivity index (χ2n) is 6.54. The summed E-state index contributed by atoms with van der Waals surface area (Å²) in [5.74, 6) is 1.99. The first-order valence-corrected chi connectivity index (χ1v) is 8.72. The van der Waals surface area contributed by atoms with Gasteiger partial charge in [-0.15, -0.1) is 24.2 Å². The van der Waals surface area contributed by atoms with E-state index in [0.717, 1.165) is 33.1 Å². The van der Waals surface area contributed by atoms with Crippen molar-refractivity contribution in [1.82, 2.24) is 14.1 Å². The predicted molar refractivity (Wildman–Crippen MR) is 100 cm³/mol. The van der Waals surface area contributed by atoms with Gasteiger partial charge in [0.05, 0.1) is 16.0 Å². The second kappa shape index (κ2) is 5.97. The van der Waals surface area contributed by atoms with E-state index < -0.39 is 5.41 Å². The number of Topliss-reactive ketones (excluding diaryl/α,β-unsaturated/α-hetero) is 1. The highest BCUT2D eigenvalue weighted by atomic mass is 35.5. The largest absolute Gasteiger partial charge is 0.338 e. The summed E-state index contributed by atoms with van der Waals surface area (Å²) in [5.41, 5.74) is 1.61. The number of carbonyl (C=O) groups is 1. The first kappa shape index (κ1) is 17.1. The van der Waals surface area contributed by atoms with Gasteiger partial charge in [0, 0.05) is 42.6 Å². The monoisotopic (exact) mass is 361 g/mol. The van der Waals surface area contributed by atoms with E-state index in [9.17, 15) is 4.79 Å². The molecular weight excluding hydrogens is 342 g/mol. The number of ketones is 1. The molecule has 1 unspecified atom stereocenters. The molecule has 0 aliphatic carbocycles. The number of hydrogen-bond acceptors (Lipinski definition) is 3. The van der Waals surface area contributed by atoms with Gasteiger partial charge in [-0.25, -0.2) is 4.98 Å². The van der Waals surface area contributed by atoms with Crippen LogP contribution in [-0.2, 0) is 13.6 Å². The summed E-state index contributed by atoms with van der Waals surface area (Å²) in [6, 6.07) is 8.17. The molecule has 0 saturated heterocycles. The molecule has 0 spiro atoms. The van der Waals surface area contributed by atoms with Gasteiger partial charge in [0.25, 0.3) is 0 Å². The maximum atomic E-state index is 13.3. The molecule has 1 aliphatic rings. The van der Waals surface area contributed by atoms with Crippen molar-refractivity contribution in [2.75, 3.05) is 5.75 Å². The average Bonchev–Trinajstić information content (AvgIpc) is 3.06. The first-order chi connectivity index (χ1) is 11.0. The molecule has 0 radical (unpaired) electrons. The van der Waals surface area contributed by atoms with Crippen LogP contribution in [0.25, 0.3) is 10.9 Å². The molecule has 0 N–H and O–H groups in total. The molecule has 4 rings (SSSR count). The van der Waals surface area contributed by atoms with Crippen molar-refractivity contribution in [3.8, 4) is 0 Å². The fourth-order valence-electron chi connectivity index (χ4n) is 3.42. The van der Waals surface area contributed by atoms with Crippen LogP contribution in [0.2, 0.25) is 0 Å². The first-order valence-electron chi connectivity index (χ1n) is 7.74. The lowest BCUT2D eigenvalue weighted by Crippen LogP contribution is -2.38. The molecule has 4 nitrogen and oxygen atoms in total. The third-order valence-corrected chi connectivity index (χ3v) is 6.33. The number of carbonyl (C=O) groups excluding carboxylic acids is 1. The average molecular weight is 362 g/mol. The van der Waals surface area contributed by atoms with E-state index in [1.54, 1.807) is 18.0 Å². The number of imidazole rings is 1. The molecule has 0 bridgehead atoms. The Morgan fingerprint density at radius 2 is 2.08 bits per heavy atom. The molecular formula is C18H20ClN3OS. The quantitative estimate of drug-likeness (QED) is 0.689. The van der Waals surface area contributed by atoms with Crippen molar-refractivity contribution in [1.29, 1.82) is 0 Å². The van der Waals surface area contributed by atoms with Gasteiger partial charge in [0.1, 0.15) is 5.82 Å². The Morgan fingerprint density at radius 1 is 1.33 bits per heavy atom. The highest BCUT2D eigenvalue weighted by Crippen LogP contribution is 2.44. The van der Waals surface area contributed by atoms with Crippen LogP contribution in [0.3, 0.4) is 0 Å². The van der Waals surface area contributed by atoms with Gasteiger partial charge in [-0.05, 0) is 19.9 Å². The highest BCUT2D eigenvalue weighted by molar-refractivity contribution is 7.99. The van der Waals surface area contributed by atoms with E-state index in [4.69, 9.17) is 0 Å². The van der Waals surface area contributed by atoms with E-state index in [1.807, 2.05) is 32.3 Å². The normalized spacial score (nSPS) is 20.0. The Balaban J connectivity index is 0.00000169. The van der Waals surface area contributed by atoms with E-state index >= 15 is 0 Å². The zero-order valence-corrected chi connectivity index (χ0v) is 15.6. The minimum atomic E-state index is -0.409. The van der Waals surface area contributed by atoms with Gasteiger partial charge in [-0.2, -0.15) is 0 Å². The van der Waals surface area contributed by atoms with Crippen LogP contribution in [0.4, 0.5) is 0 Å². The summed E-state index contributed by atoms with van der Waals surface area (Å²) in [5, 5.41) is 2.16. The van der Waals surface area contributed by atoms with E-state index in [2.05, 4.69) is 33.2 Å². The van der Waals surface area contributed by atoms with Crippen molar-refractivity contribution in [2.24, 2.45) is 12.5 Å². The number of halogens is 1. The number of para-hydroxylation sites is 1. The van der Waals surface area contributed by atoms with Crippen molar-refractivity contribution >= 4 is 40.9 Å². The fourth-order valence-corrected chi connectivity index (χ4v) is 4.73. The van der Waals surface area contributed by atoms with Gasteiger partial charge in [0.15, 0.2) is 5.78 Å². The molecule has 2 aromatic heterocycles. The van der Waals surface area contributed by atoms with Crippen LogP contribution >= 0.6 is 24.2 Å². The van der Waals surface area contributed by atoms with Crippen LogP contribution in [-0.4, -0.2) is 25.7 Å². The van der Waals surface area contributed by atoms with Gasteiger partial charge in [0.2, 0.25) is 0 Å². The maximum absolute atomic E-state index is 13.3. The summed E-state index contributed by atoms with van der Waals surface area (Å²) in [6.07, 6.45) is 3.75. The Morgan fingerprint density at radius 3 is 2.79 bits per heavy atom. The van der Waals surface area contributed by atoms with Crippen molar-refractivity contribution in [3.05, 3.63) is 48.0 Å². The number of aromatic nitrogens is 3. The SMILES string of the molecule is Cc1nccn1CC1(C)CSc2c(c3ccccc3n2C)C1=O.Cl. The minimum absolute atomic E-state index is 0. The zero-order valence-electron chi connectivity index (χ0n) is 13.9. The molecule has 3 heterocycles. The molecule has 0 amide bonds. The molecule has 1 aromatic carbocycles. The fraction of sp³-hybridized carbons (Fsp3) is 0.333. The summed E-state index contributed by atoms with van der Waals surface area (Å²) in [7, 11) is 2.05. The highest BCUT2D eigenvalue weighted by Gasteiger charge is 2.42. The molecule has 1 atom stereocenters. The molecule has 6 heteroatoms. The molecule has 1 aliphatic heterocycles. The Labute approximate surface area is 151 Å². The Hall–Kier alpha value is -1.72. The molecule has 3 aromatic rings. The zero-order chi connectivity index (χ0) is 16.2. The predicted octanol–water partition coefficient (Wildman–Crippen LogP) is 4.10. The van der Waals surface area contributed by atoms with E-state index in [-0.39, 0.29) is 18.2 Å². The molecule has 126 valence electrons. The summed E-state index contributed by atoms with van der Waals surface area (Å²) in [4.78, 5) is 17.6. The summed E-state index contributed by atoms with van der Waals surface area (Å²) >= 11 is 1.79. The molecule has 0 fully saturated rings. The number of benzene rings is 1. The standard InChI is InChI=1S/C18H19N3OS.ClH/c1-12-19-8-9-21(12)10-18(2)11-23-17-15(16(18)22)13-6-4-5-7-14(13)20(17)3;/h4-9H,10-11H2,1-3H3;1H. The number of hydrogen-bond donors (Lipinski definition) is 0. The Bertz CT molecular complexity index is 930. The van der Waals surface area contributed by atoms with Gasteiger partial charge < -0.3 is 9.13 Å². The van der Waals surface area contributed by atoms with Crippen LogP contribution in [0.1, 0.15) is 23.1 Å². The minimum Gasteiger partial charge on any atom is -0.338 e. The number of thioether (sulfide) groups is 1. The lowest BCUT2D eigenvalue weighted by Gasteiger charge is -2.32. The lowest BCUT2D eigenvalue weighted by atomic mass is 9.83. The number of rotatable bonds is 2. The third-order valence-electron chi connectivity index (χ3n) is 4.80. The van der Waals surface area contributed by atoms with Crippen molar-refractivity contribution in [3.63, 3.8) is 0 Å². The summed E-state index contributed by atoms with van der Waals surface area (Å²) < 4.78 is 4.23. The van der Waals surface area contributed by atoms with E-state index in [1.165, 1.54) is 0 Å². The van der Waals surface area contributed by atoms with Crippen LogP contribution in [0.15, 0.2) is 41.7 Å². The van der Waals surface area contributed by atoms with Crippen LogP contribution < -0.4 is 0 Å². The van der Waals surface area contributed by atoms with Gasteiger partial charge in [-0.1, -0.05) is 18.2 Å². The van der Waals surface area contributed by atoms with Gasteiger partial charge >= 0.3 is 0 Å². The summed E-state index contributed by atoms with van der Waals surface area (Å²) in [6.45, 7) is 4.73. The maximum Gasteiger partial charge on any atom is 0.174 e. The van der Waals surface area contributed by atoms with Crippen LogP contribution in [0, 0.1) is 12.3 Å². The number of nitrogens with zero attached hydrogens (tertiary/aromatic N) is 3. The van der Waals surface area contributed by atoms with Crippen molar-refractivity contribution < 1.29 is 4.79 Å². The van der Waals surface area contributed by atoms with Gasteiger partial charge in [-0.3, -0.25) is 4.79 Å².